The van der Waals surface area contributed by atoms with Crippen LogP contribution in [-0.4, -0.2) is 17.9 Å². The Bertz CT molecular complexity index is 668. The number of hydrogen-bond donors (Lipinski definition) is 0. The van der Waals surface area contributed by atoms with Crippen LogP contribution in [-0.2, 0) is 0 Å². The molecule has 0 N–H and O–H groups in total. The topological polar surface area (TPSA) is 53.4 Å². The summed E-state index contributed by atoms with van der Waals surface area (Å²) >= 11 is 1.56. The molecule has 0 saturated heterocycles. The minimum absolute atomic E-state index is 0.649. The van der Waals surface area contributed by atoms with Gasteiger partial charge in [0.2, 0.25) is 4.80 Å². The highest BCUT2D eigenvalue weighted by Gasteiger charge is 1.97. The predicted molar refractivity (Wildman–Crippen MR) is 72.7 cm³/mol. The average Bonchev–Trinajstić information content (AvgIpc) is 2.77. The van der Waals surface area contributed by atoms with Crippen molar-refractivity contribution in [1.82, 2.24) is 4.68 Å². The molecule has 0 saturated carbocycles. The fraction of sp³-hybridized carbons (Fsp3) is 0.154. The zero-order chi connectivity index (χ0) is 13.0. The van der Waals surface area contributed by atoms with Crippen molar-refractivity contribution in [2.45, 2.75) is 6.92 Å². The van der Waals surface area contributed by atoms with Crippen molar-refractivity contribution < 1.29 is 0 Å². The molecule has 1 heterocycles. The molecule has 0 bridgehead atoms. The Kier molecular flexibility index (Phi) is 3.70. The summed E-state index contributed by atoms with van der Waals surface area (Å²) in [7, 11) is 1.75. The Balaban J connectivity index is 2.30. The first-order valence-corrected chi connectivity index (χ1v) is 6.27. The van der Waals surface area contributed by atoms with Crippen LogP contribution in [0.25, 0.3) is 0 Å². The highest BCUT2D eigenvalue weighted by molar-refractivity contribution is 7.07. The van der Waals surface area contributed by atoms with Crippen molar-refractivity contribution in [3.05, 3.63) is 51.3 Å². The van der Waals surface area contributed by atoms with Crippen molar-refractivity contribution in [1.29, 1.82) is 5.26 Å². The molecule has 0 amide bonds. The number of aromatic nitrogens is 1. The third-order valence-electron chi connectivity index (χ3n) is 2.40. The predicted octanol–water partition coefficient (Wildman–Crippen LogP) is 2.14. The lowest BCUT2D eigenvalue weighted by Gasteiger charge is -1.97. The second-order valence-corrected chi connectivity index (χ2v) is 4.51. The van der Waals surface area contributed by atoms with E-state index in [2.05, 4.69) is 16.2 Å². The Morgan fingerprint density at radius 1 is 1.33 bits per heavy atom. The van der Waals surface area contributed by atoms with Gasteiger partial charge in [-0.25, -0.2) is 4.68 Å². The van der Waals surface area contributed by atoms with Gasteiger partial charge < -0.3 is 0 Å². The number of thiazole rings is 1. The van der Waals surface area contributed by atoms with Gasteiger partial charge in [0, 0.05) is 12.4 Å². The molecule has 2 aromatic rings. The normalized spacial score (nSPS) is 11.9. The van der Waals surface area contributed by atoms with Crippen LogP contribution in [0.2, 0.25) is 0 Å². The van der Waals surface area contributed by atoms with E-state index in [0.717, 1.165) is 16.1 Å². The molecule has 0 unspecified atom stereocenters. The molecule has 4 nitrogen and oxygen atoms in total. The lowest BCUT2D eigenvalue weighted by atomic mass is 10.2. The molecule has 5 heteroatoms. The fourth-order valence-electron chi connectivity index (χ4n) is 1.44. The van der Waals surface area contributed by atoms with E-state index in [1.807, 2.05) is 24.4 Å². The first kappa shape index (κ1) is 12.3. The maximum absolute atomic E-state index is 8.71. The third kappa shape index (κ3) is 2.55. The van der Waals surface area contributed by atoms with E-state index in [-0.39, 0.29) is 0 Å². The van der Waals surface area contributed by atoms with Crippen molar-refractivity contribution in [2.75, 3.05) is 7.05 Å². The van der Waals surface area contributed by atoms with Crippen LogP contribution in [0.5, 0.6) is 0 Å². The summed E-state index contributed by atoms with van der Waals surface area (Å²) in [5.41, 5.74) is 2.65. The molecule has 0 fully saturated rings. The Morgan fingerprint density at radius 2 is 2.06 bits per heavy atom. The standard InChI is InChI=1S/C13H12N4S/c1-10-9-18-13(15-2)17(10)16-8-12-5-3-11(7-14)4-6-12/h3-6,8-9H,1-2H3. The van der Waals surface area contributed by atoms with E-state index in [0.29, 0.717) is 5.56 Å². The fourth-order valence-corrected chi connectivity index (χ4v) is 2.22. The summed E-state index contributed by atoms with van der Waals surface area (Å²) in [5.74, 6) is 0. The molecule has 0 atom stereocenters. The van der Waals surface area contributed by atoms with Crippen LogP contribution < -0.4 is 4.80 Å². The van der Waals surface area contributed by atoms with E-state index < -0.39 is 0 Å². The maximum atomic E-state index is 8.71. The smallest absolute Gasteiger partial charge is 0.205 e. The second kappa shape index (κ2) is 5.43. The van der Waals surface area contributed by atoms with Gasteiger partial charge in [0.05, 0.1) is 23.5 Å². The molecular weight excluding hydrogens is 244 g/mol. The van der Waals surface area contributed by atoms with Crippen molar-refractivity contribution in [3.63, 3.8) is 0 Å². The summed E-state index contributed by atoms with van der Waals surface area (Å²) in [5, 5.41) is 15.1. The summed E-state index contributed by atoms with van der Waals surface area (Å²) in [6, 6.07) is 9.38. The van der Waals surface area contributed by atoms with E-state index >= 15 is 0 Å². The van der Waals surface area contributed by atoms with Crippen LogP contribution in [0.1, 0.15) is 16.8 Å². The molecule has 2 rings (SSSR count). The summed E-state index contributed by atoms with van der Waals surface area (Å²) in [4.78, 5) is 5.01. The largest absolute Gasteiger partial charge is 0.261 e. The van der Waals surface area contributed by atoms with Gasteiger partial charge in [-0.3, -0.25) is 4.99 Å². The highest BCUT2D eigenvalue weighted by atomic mass is 32.1. The van der Waals surface area contributed by atoms with E-state index in [1.54, 1.807) is 41.4 Å². The zero-order valence-electron chi connectivity index (χ0n) is 10.2. The van der Waals surface area contributed by atoms with Gasteiger partial charge in [-0.2, -0.15) is 10.4 Å². The van der Waals surface area contributed by atoms with Gasteiger partial charge in [0.1, 0.15) is 0 Å². The molecule has 1 aromatic heterocycles. The quantitative estimate of drug-likeness (QED) is 0.759. The first-order chi connectivity index (χ1) is 8.74. The maximum Gasteiger partial charge on any atom is 0.205 e. The molecule has 0 aliphatic heterocycles. The van der Waals surface area contributed by atoms with Crippen molar-refractivity contribution in [3.8, 4) is 6.07 Å². The highest BCUT2D eigenvalue weighted by Crippen LogP contribution is 2.02. The monoisotopic (exact) mass is 256 g/mol. The lowest BCUT2D eigenvalue weighted by molar-refractivity contribution is 0.805. The number of nitrogens with zero attached hydrogens (tertiary/aromatic N) is 4. The SMILES string of the molecule is CN=c1scc(C)n1N=Cc1ccc(C#N)cc1. The van der Waals surface area contributed by atoms with Crippen molar-refractivity contribution >= 4 is 17.6 Å². The van der Waals surface area contributed by atoms with Gasteiger partial charge in [-0.15, -0.1) is 11.3 Å². The molecule has 1 aromatic carbocycles. The number of hydrogen-bond acceptors (Lipinski definition) is 4. The molecular formula is C13H12N4S. The zero-order valence-corrected chi connectivity index (χ0v) is 11.0. The molecule has 0 aliphatic rings. The van der Waals surface area contributed by atoms with Crippen LogP contribution in [0.3, 0.4) is 0 Å². The lowest BCUT2D eigenvalue weighted by Crippen LogP contribution is -2.11. The summed E-state index contributed by atoms with van der Waals surface area (Å²) in [6.45, 7) is 1.99. The van der Waals surface area contributed by atoms with Gasteiger partial charge in [-0.1, -0.05) is 12.1 Å². The molecule has 90 valence electrons. The van der Waals surface area contributed by atoms with Crippen LogP contribution in [0.4, 0.5) is 0 Å². The molecule has 0 aliphatic carbocycles. The van der Waals surface area contributed by atoms with Crippen LogP contribution >= 0.6 is 11.3 Å². The van der Waals surface area contributed by atoms with E-state index in [4.69, 9.17) is 5.26 Å². The molecule has 0 radical (unpaired) electrons. The number of aryl methyl sites for hydroxylation is 1. The number of benzene rings is 1. The molecule has 18 heavy (non-hydrogen) atoms. The Labute approximate surface area is 109 Å². The number of nitriles is 1. The minimum Gasteiger partial charge on any atom is -0.261 e. The Hall–Kier alpha value is -2.19. The van der Waals surface area contributed by atoms with Gasteiger partial charge >= 0.3 is 0 Å². The summed E-state index contributed by atoms with van der Waals surface area (Å²) < 4.78 is 1.79. The van der Waals surface area contributed by atoms with Gasteiger partial charge in [0.25, 0.3) is 0 Å². The van der Waals surface area contributed by atoms with Gasteiger partial charge in [-0.05, 0) is 24.6 Å². The average molecular weight is 256 g/mol. The number of rotatable bonds is 2. The van der Waals surface area contributed by atoms with Crippen LogP contribution in [0, 0.1) is 18.3 Å². The summed E-state index contributed by atoms with van der Waals surface area (Å²) in [6.07, 6.45) is 1.76. The first-order valence-electron chi connectivity index (χ1n) is 5.39. The Morgan fingerprint density at radius 3 is 2.67 bits per heavy atom. The molecule has 0 spiro atoms. The van der Waals surface area contributed by atoms with E-state index in [9.17, 15) is 0 Å². The van der Waals surface area contributed by atoms with Crippen LogP contribution in [0.15, 0.2) is 39.7 Å². The van der Waals surface area contributed by atoms with Crippen molar-refractivity contribution in [2.24, 2.45) is 10.1 Å². The minimum atomic E-state index is 0.649. The second-order valence-electron chi connectivity index (χ2n) is 3.67. The third-order valence-corrected chi connectivity index (χ3v) is 3.43. The van der Waals surface area contributed by atoms with Gasteiger partial charge in [0.15, 0.2) is 0 Å². The van der Waals surface area contributed by atoms with E-state index in [1.165, 1.54) is 0 Å².